The summed E-state index contributed by atoms with van der Waals surface area (Å²) in [5.41, 5.74) is 7.39. The molecule has 1 rings (SSSR count). The van der Waals surface area contributed by atoms with Crippen molar-refractivity contribution in [2.24, 2.45) is 5.73 Å². The number of aryl methyl sites for hydroxylation is 1. The highest BCUT2D eigenvalue weighted by Crippen LogP contribution is 2.31. The van der Waals surface area contributed by atoms with Gasteiger partial charge in [-0.2, -0.15) is 0 Å². The van der Waals surface area contributed by atoms with E-state index in [0.717, 1.165) is 21.9 Å². The SMILES string of the molecule is Cc1cc(Cl)c(C(C)C)cc1OC(C)C(=N)N. The average molecular weight is 255 g/mol. The zero-order valence-electron chi connectivity index (χ0n) is 10.7. The first-order valence-electron chi connectivity index (χ1n) is 5.63. The summed E-state index contributed by atoms with van der Waals surface area (Å²) in [5, 5.41) is 8.08. The number of amidine groups is 1. The van der Waals surface area contributed by atoms with Gasteiger partial charge in [0.2, 0.25) is 0 Å². The molecule has 0 heterocycles. The summed E-state index contributed by atoms with van der Waals surface area (Å²) < 4.78 is 5.64. The molecule has 1 aromatic rings. The van der Waals surface area contributed by atoms with Crippen LogP contribution in [0.4, 0.5) is 0 Å². The molecule has 3 nitrogen and oxygen atoms in total. The third-order valence-electron chi connectivity index (χ3n) is 2.66. The molecule has 0 bridgehead atoms. The van der Waals surface area contributed by atoms with Crippen molar-refractivity contribution in [2.75, 3.05) is 0 Å². The predicted octanol–water partition coefficient (Wildman–Crippen LogP) is 3.48. The van der Waals surface area contributed by atoms with Crippen LogP contribution in [0.1, 0.15) is 37.8 Å². The quantitative estimate of drug-likeness (QED) is 0.638. The molecule has 0 fully saturated rings. The van der Waals surface area contributed by atoms with E-state index in [-0.39, 0.29) is 5.84 Å². The lowest BCUT2D eigenvalue weighted by atomic mass is 10.0. The summed E-state index contributed by atoms with van der Waals surface area (Å²) in [5.74, 6) is 1.09. The van der Waals surface area contributed by atoms with Gasteiger partial charge in [-0.25, -0.2) is 0 Å². The van der Waals surface area contributed by atoms with Crippen LogP contribution in [-0.4, -0.2) is 11.9 Å². The highest BCUT2D eigenvalue weighted by molar-refractivity contribution is 6.31. The van der Waals surface area contributed by atoms with E-state index in [1.807, 2.05) is 19.1 Å². The minimum absolute atomic E-state index is 0.0189. The number of nitrogens with two attached hydrogens (primary N) is 1. The number of ether oxygens (including phenoxy) is 1. The molecular weight excluding hydrogens is 236 g/mol. The molecule has 0 saturated heterocycles. The van der Waals surface area contributed by atoms with Crippen molar-refractivity contribution in [3.8, 4) is 5.75 Å². The highest BCUT2D eigenvalue weighted by atomic mass is 35.5. The van der Waals surface area contributed by atoms with Gasteiger partial charge in [-0.05, 0) is 43.0 Å². The molecule has 0 amide bonds. The van der Waals surface area contributed by atoms with Gasteiger partial charge in [-0.3, -0.25) is 5.41 Å². The Hall–Kier alpha value is -1.22. The smallest absolute Gasteiger partial charge is 0.152 e. The van der Waals surface area contributed by atoms with Crippen LogP contribution >= 0.6 is 11.6 Å². The van der Waals surface area contributed by atoms with Crippen LogP contribution in [0.25, 0.3) is 0 Å². The average Bonchev–Trinajstić information content (AvgIpc) is 2.21. The zero-order chi connectivity index (χ0) is 13.2. The van der Waals surface area contributed by atoms with Crippen molar-refractivity contribution in [2.45, 2.75) is 39.7 Å². The monoisotopic (exact) mass is 254 g/mol. The van der Waals surface area contributed by atoms with Crippen LogP contribution < -0.4 is 10.5 Å². The van der Waals surface area contributed by atoms with Gasteiger partial charge < -0.3 is 10.5 Å². The van der Waals surface area contributed by atoms with Crippen LogP contribution in [0.5, 0.6) is 5.75 Å². The summed E-state index contributed by atoms with van der Waals surface area (Å²) in [7, 11) is 0. The molecule has 1 atom stereocenters. The maximum atomic E-state index is 7.33. The summed E-state index contributed by atoms with van der Waals surface area (Å²) in [6.07, 6.45) is -0.421. The van der Waals surface area contributed by atoms with Crippen molar-refractivity contribution >= 4 is 17.4 Å². The fourth-order valence-corrected chi connectivity index (χ4v) is 1.93. The van der Waals surface area contributed by atoms with Crippen LogP contribution in [0.2, 0.25) is 5.02 Å². The molecule has 1 unspecified atom stereocenters. The molecule has 3 N–H and O–H groups in total. The Kier molecular flexibility index (Phi) is 4.40. The summed E-state index contributed by atoms with van der Waals surface area (Å²) in [6, 6.07) is 3.82. The van der Waals surface area contributed by atoms with Crippen molar-refractivity contribution < 1.29 is 4.74 Å². The lowest BCUT2D eigenvalue weighted by Crippen LogP contribution is -2.30. The minimum atomic E-state index is -0.421. The van der Waals surface area contributed by atoms with Gasteiger partial charge in [-0.1, -0.05) is 25.4 Å². The van der Waals surface area contributed by atoms with Crippen LogP contribution in [-0.2, 0) is 0 Å². The molecule has 0 aromatic heterocycles. The Balaban J connectivity index is 3.07. The van der Waals surface area contributed by atoms with Crippen molar-refractivity contribution in [1.82, 2.24) is 0 Å². The lowest BCUT2D eigenvalue weighted by Gasteiger charge is -2.18. The number of benzene rings is 1. The number of rotatable bonds is 4. The zero-order valence-corrected chi connectivity index (χ0v) is 11.4. The van der Waals surface area contributed by atoms with Crippen molar-refractivity contribution in [1.29, 1.82) is 5.41 Å². The fraction of sp³-hybridized carbons (Fsp3) is 0.462. The Labute approximate surface area is 107 Å². The maximum Gasteiger partial charge on any atom is 0.152 e. The third kappa shape index (κ3) is 3.37. The van der Waals surface area contributed by atoms with E-state index in [4.69, 9.17) is 27.5 Å². The summed E-state index contributed by atoms with van der Waals surface area (Å²) in [4.78, 5) is 0. The van der Waals surface area contributed by atoms with E-state index in [2.05, 4.69) is 13.8 Å². The van der Waals surface area contributed by atoms with Crippen LogP contribution in [0.15, 0.2) is 12.1 Å². The van der Waals surface area contributed by atoms with E-state index in [1.54, 1.807) is 6.92 Å². The van der Waals surface area contributed by atoms with E-state index in [0.29, 0.717) is 5.92 Å². The third-order valence-corrected chi connectivity index (χ3v) is 2.99. The molecular formula is C13H19ClN2O. The van der Waals surface area contributed by atoms with Crippen LogP contribution in [0, 0.1) is 12.3 Å². The lowest BCUT2D eigenvalue weighted by molar-refractivity contribution is 0.282. The second kappa shape index (κ2) is 5.41. The molecule has 4 heteroatoms. The number of halogens is 1. The van der Waals surface area contributed by atoms with Gasteiger partial charge in [0, 0.05) is 5.02 Å². The van der Waals surface area contributed by atoms with E-state index >= 15 is 0 Å². The highest BCUT2D eigenvalue weighted by Gasteiger charge is 2.13. The van der Waals surface area contributed by atoms with Gasteiger partial charge >= 0.3 is 0 Å². The van der Waals surface area contributed by atoms with Crippen molar-refractivity contribution in [3.63, 3.8) is 0 Å². The molecule has 0 spiro atoms. The van der Waals surface area contributed by atoms with Gasteiger partial charge in [-0.15, -0.1) is 0 Å². The summed E-state index contributed by atoms with van der Waals surface area (Å²) in [6.45, 7) is 7.84. The molecule has 17 heavy (non-hydrogen) atoms. The fourth-order valence-electron chi connectivity index (χ4n) is 1.49. The maximum absolute atomic E-state index is 7.33. The molecule has 0 aliphatic heterocycles. The number of hydrogen-bond acceptors (Lipinski definition) is 2. The normalized spacial score (nSPS) is 12.6. The van der Waals surface area contributed by atoms with Gasteiger partial charge in [0.1, 0.15) is 11.6 Å². The van der Waals surface area contributed by atoms with Crippen LogP contribution in [0.3, 0.4) is 0 Å². The Morgan fingerprint density at radius 2 is 1.94 bits per heavy atom. The Morgan fingerprint density at radius 1 is 1.35 bits per heavy atom. The molecule has 1 aromatic carbocycles. The van der Waals surface area contributed by atoms with Crippen molar-refractivity contribution in [3.05, 3.63) is 28.3 Å². The molecule has 0 aliphatic rings. The largest absolute Gasteiger partial charge is 0.483 e. The van der Waals surface area contributed by atoms with Gasteiger partial charge in [0.25, 0.3) is 0 Å². The number of hydrogen-bond donors (Lipinski definition) is 2. The predicted molar refractivity (Wildman–Crippen MR) is 72.3 cm³/mol. The van der Waals surface area contributed by atoms with E-state index in [9.17, 15) is 0 Å². The summed E-state index contributed by atoms with van der Waals surface area (Å²) >= 11 is 6.17. The number of nitrogens with one attached hydrogen (secondary N) is 1. The molecule has 0 radical (unpaired) electrons. The second-order valence-electron chi connectivity index (χ2n) is 4.51. The first-order chi connectivity index (χ1) is 7.82. The first kappa shape index (κ1) is 13.8. The second-order valence-corrected chi connectivity index (χ2v) is 4.92. The topological polar surface area (TPSA) is 59.1 Å². The molecule has 0 aliphatic carbocycles. The molecule has 94 valence electrons. The molecule has 0 saturated carbocycles. The van der Waals surface area contributed by atoms with E-state index < -0.39 is 6.10 Å². The first-order valence-corrected chi connectivity index (χ1v) is 6.01. The minimum Gasteiger partial charge on any atom is -0.483 e. The Bertz CT molecular complexity index is 430. The van der Waals surface area contributed by atoms with Gasteiger partial charge in [0.05, 0.1) is 0 Å². The standard InChI is InChI=1S/C13H19ClN2O/c1-7(2)10-6-12(8(3)5-11(10)14)17-9(4)13(15)16/h5-7,9H,1-4H3,(H3,15,16). The van der Waals surface area contributed by atoms with Gasteiger partial charge in [0.15, 0.2) is 6.10 Å². The Morgan fingerprint density at radius 3 is 2.41 bits per heavy atom. The van der Waals surface area contributed by atoms with E-state index in [1.165, 1.54) is 0 Å².